The zero-order valence-electron chi connectivity index (χ0n) is 17.8. The summed E-state index contributed by atoms with van der Waals surface area (Å²) in [6, 6.07) is 13.3. The number of phenols is 1. The van der Waals surface area contributed by atoms with Gasteiger partial charge in [-0.2, -0.15) is 0 Å². The van der Waals surface area contributed by atoms with Gasteiger partial charge in [-0.05, 0) is 61.1 Å². The Morgan fingerprint density at radius 2 is 1.76 bits per heavy atom. The summed E-state index contributed by atoms with van der Waals surface area (Å²) >= 11 is 5.12. The van der Waals surface area contributed by atoms with Gasteiger partial charge in [-0.1, -0.05) is 12.6 Å². The van der Waals surface area contributed by atoms with E-state index in [0.29, 0.717) is 27.8 Å². The number of nitrogens with one attached hydrogen (secondary N) is 2. The monoisotopic (exact) mass is 474 g/mol. The second-order valence-corrected chi connectivity index (χ2v) is 7.98. The first-order valence-corrected chi connectivity index (χ1v) is 10.4. The molecule has 1 amide bonds. The van der Waals surface area contributed by atoms with Crippen molar-refractivity contribution in [2.45, 2.75) is 6.92 Å². The maximum Gasteiger partial charge on any atom is 0.336 e. The average Bonchev–Trinajstić information content (AvgIpc) is 2.77. The molecule has 0 saturated heterocycles. The molecule has 1 aliphatic carbocycles. The van der Waals surface area contributed by atoms with E-state index in [1.54, 1.807) is 24.3 Å². The van der Waals surface area contributed by atoms with Crippen LogP contribution in [-0.2, 0) is 4.79 Å². The molecule has 4 rings (SSSR count). The minimum Gasteiger partial charge on any atom is -0.508 e. The van der Waals surface area contributed by atoms with Crippen LogP contribution in [0.25, 0.3) is 33.4 Å². The van der Waals surface area contributed by atoms with Gasteiger partial charge in [0.1, 0.15) is 17.1 Å². The Balaban J connectivity index is 1.89. The number of anilines is 1. The normalized spacial score (nSPS) is 10.7. The van der Waals surface area contributed by atoms with Crippen molar-refractivity contribution >= 4 is 45.9 Å². The number of aromatic hydroxyl groups is 1. The van der Waals surface area contributed by atoms with Crippen LogP contribution in [-0.4, -0.2) is 27.2 Å². The van der Waals surface area contributed by atoms with E-state index in [9.17, 15) is 24.6 Å². The summed E-state index contributed by atoms with van der Waals surface area (Å²) in [6.45, 7) is 5.07. The molecule has 1 aliphatic heterocycles. The van der Waals surface area contributed by atoms with E-state index in [1.165, 1.54) is 37.3 Å². The van der Waals surface area contributed by atoms with E-state index < -0.39 is 11.9 Å². The first-order chi connectivity index (χ1) is 16.1. The Hall–Kier alpha value is -4.50. The number of thiocarbonyl (C=S) groups is 1. The average molecular weight is 474 g/mol. The molecule has 0 unspecified atom stereocenters. The molecule has 2 aromatic rings. The molecular weight excluding hydrogens is 456 g/mol. The molecule has 9 heteroatoms. The van der Waals surface area contributed by atoms with Gasteiger partial charge in [0.15, 0.2) is 10.5 Å². The van der Waals surface area contributed by atoms with Crippen LogP contribution >= 0.6 is 12.2 Å². The third-order valence-corrected chi connectivity index (χ3v) is 5.27. The second kappa shape index (κ2) is 8.80. The fourth-order valence-corrected chi connectivity index (χ4v) is 3.75. The molecule has 4 N–H and O–H groups in total. The van der Waals surface area contributed by atoms with Crippen molar-refractivity contribution in [1.82, 2.24) is 5.32 Å². The third-order valence-electron chi connectivity index (χ3n) is 5.07. The molecule has 34 heavy (non-hydrogen) atoms. The number of carboxylic acid groups (broad SMARTS) is 1. The topological polar surface area (TPSA) is 129 Å². The second-order valence-electron chi connectivity index (χ2n) is 7.57. The van der Waals surface area contributed by atoms with E-state index in [-0.39, 0.29) is 38.8 Å². The summed E-state index contributed by atoms with van der Waals surface area (Å²) in [6.07, 6.45) is 0. The molecule has 0 spiro atoms. The van der Waals surface area contributed by atoms with Gasteiger partial charge in [-0.25, -0.2) is 4.79 Å². The number of aromatic carboxylic acids is 1. The minimum absolute atomic E-state index is 0.00931. The first-order valence-electron chi connectivity index (χ1n) is 9.99. The van der Waals surface area contributed by atoms with Gasteiger partial charge in [0, 0.05) is 39.9 Å². The van der Waals surface area contributed by atoms with E-state index in [1.807, 2.05) is 0 Å². The maximum atomic E-state index is 12.2. The van der Waals surface area contributed by atoms with Gasteiger partial charge in [-0.3, -0.25) is 14.9 Å². The van der Waals surface area contributed by atoms with Gasteiger partial charge in [-0.15, -0.1) is 0 Å². The molecule has 0 atom stereocenters. The van der Waals surface area contributed by atoms with Crippen LogP contribution in [0.15, 0.2) is 76.0 Å². The highest BCUT2D eigenvalue weighted by atomic mass is 32.1. The lowest BCUT2D eigenvalue weighted by Gasteiger charge is -2.18. The molecule has 2 aromatic carbocycles. The standard InChI is InChI=1S/C25H18N2O6S/c1-12(2)23(30)27-25(34)26-13-3-6-16(19(9-13)24(31)32)22-17-7-4-14(28)10-20(17)33-21-11-15(29)5-8-18(21)22/h3-11,28H,1H2,2H3,(H,31,32)(H2,26,27,30,34). The van der Waals surface area contributed by atoms with Crippen molar-refractivity contribution < 1.29 is 24.2 Å². The SMILES string of the molecule is C=C(C)C(=O)NC(=S)Nc1ccc(-c2c3ccc(=O)cc-3oc3cc(O)ccc23)c(C(=O)O)c1. The summed E-state index contributed by atoms with van der Waals surface area (Å²) in [4.78, 5) is 35.9. The van der Waals surface area contributed by atoms with E-state index in [4.69, 9.17) is 16.6 Å². The van der Waals surface area contributed by atoms with Gasteiger partial charge < -0.3 is 19.9 Å². The van der Waals surface area contributed by atoms with Crippen LogP contribution in [0.1, 0.15) is 17.3 Å². The highest BCUT2D eigenvalue weighted by Crippen LogP contribution is 2.42. The molecule has 0 aromatic heterocycles. The Labute approximate surface area is 198 Å². The lowest BCUT2D eigenvalue weighted by molar-refractivity contribution is -0.116. The third kappa shape index (κ3) is 4.37. The fourth-order valence-electron chi connectivity index (χ4n) is 3.54. The minimum atomic E-state index is -1.20. The zero-order valence-corrected chi connectivity index (χ0v) is 18.7. The lowest BCUT2D eigenvalue weighted by Crippen LogP contribution is -2.34. The van der Waals surface area contributed by atoms with Crippen LogP contribution in [0.3, 0.4) is 0 Å². The largest absolute Gasteiger partial charge is 0.508 e. The van der Waals surface area contributed by atoms with Gasteiger partial charge in [0.2, 0.25) is 0 Å². The summed E-state index contributed by atoms with van der Waals surface area (Å²) in [5.74, 6) is -1.44. The number of fused-ring (bicyclic) bond motifs is 2. The quantitative estimate of drug-likeness (QED) is 0.195. The Morgan fingerprint density at radius 3 is 2.47 bits per heavy atom. The molecule has 8 nitrogen and oxygen atoms in total. The molecule has 2 aliphatic rings. The van der Waals surface area contributed by atoms with Crippen LogP contribution in [0.4, 0.5) is 5.69 Å². The zero-order chi connectivity index (χ0) is 24.6. The molecule has 0 bridgehead atoms. The fraction of sp³-hybridized carbons (Fsp3) is 0.0400. The van der Waals surface area contributed by atoms with Gasteiger partial charge >= 0.3 is 5.97 Å². The van der Waals surface area contributed by atoms with Crippen molar-refractivity contribution in [2.75, 3.05) is 5.32 Å². The number of hydrogen-bond acceptors (Lipinski definition) is 6. The Morgan fingerprint density at radius 1 is 1.03 bits per heavy atom. The number of carbonyl (C=O) groups excluding carboxylic acids is 1. The number of hydrogen-bond donors (Lipinski definition) is 4. The van der Waals surface area contributed by atoms with Crippen molar-refractivity contribution in [2.24, 2.45) is 0 Å². The van der Waals surface area contributed by atoms with Crippen LogP contribution in [0.5, 0.6) is 5.75 Å². The summed E-state index contributed by atoms with van der Waals surface area (Å²) in [5, 5.41) is 25.7. The van der Waals surface area contributed by atoms with Crippen LogP contribution in [0.2, 0.25) is 0 Å². The maximum absolute atomic E-state index is 12.2. The molecule has 0 radical (unpaired) electrons. The predicted molar refractivity (Wildman–Crippen MR) is 132 cm³/mol. The van der Waals surface area contributed by atoms with E-state index >= 15 is 0 Å². The number of rotatable bonds is 4. The van der Waals surface area contributed by atoms with E-state index in [2.05, 4.69) is 17.2 Å². The number of carboxylic acids is 1. The lowest BCUT2D eigenvalue weighted by atomic mass is 9.90. The van der Waals surface area contributed by atoms with Crippen molar-refractivity contribution in [3.05, 3.63) is 82.5 Å². The van der Waals surface area contributed by atoms with Crippen molar-refractivity contribution in [1.29, 1.82) is 0 Å². The highest BCUT2D eigenvalue weighted by molar-refractivity contribution is 7.80. The van der Waals surface area contributed by atoms with Gasteiger partial charge in [0.25, 0.3) is 5.91 Å². The number of carbonyl (C=O) groups is 2. The Kier molecular flexibility index (Phi) is 5.87. The number of phenolic OH excluding ortho intramolecular Hbond substituents is 1. The molecule has 0 fully saturated rings. The Bertz CT molecular complexity index is 1540. The summed E-state index contributed by atoms with van der Waals surface area (Å²) < 4.78 is 5.82. The predicted octanol–water partition coefficient (Wildman–Crippen LogP) is 4.36. The summed E-state index contributed by atoms with van der Waals surface area (Å²) in [7, 11) is 0. The number of amides is 1. The molecular formula is C25H18N2O6S. The summed E-state index contributed by atoms with van der Waals surface area (Å²) in [5.41, 5.74) is 2.01. The first kappa shape index (κ1) is 22.7. The van der Waals surface area contributed by atoms with Crippen molar-refractivity contribution in [3.63, 3.8) is 0 Å². The molecule has 1 heterocycles. The highest BCUT2D eigenvalue weighted by Gasteiger charge is 2.22. The van der Waals surface area contributed by atoms with Gasteiger partial charge in [0.05, 0.1) is 5.56 Å². The van der Waals surface area contributed by atoms with Crippen LogP contribution < -0.4 is 16.1 Å². The smallest absolute Gasteiger partial charge is 0.336 e. The van der Waals surface area contributed by atoms with Crippen LogP contribution in [0, 0.1) is 0 Å². The molecule has 170 valence electrons. The van der Waals surface area contributed by atoms with E-state index in [0.717, 1.165) is 0 Å². The number of benzene rings is 3. The molecule has 0 saturated carbocycles. The van der Waals surface area contributed by atoms with Crippen molar-refractivity contribution in [3.8, 4) is 28.2 Å².